The predicted octanol–water partition coefficient (Wildman–Crippen LogP) is 3.78. The summed E-state index contributed by atoms with van der Waals surface area (Å²) in [7, 11) is 0. The minimum Gasteiger partial charge on any atom is -0.461 e. The molecule has 0 bridgehead atoms. The molecule has 0 aliphatic heterocycles. The molecule has 0 amide bonds. The third-order valence-electron chi connectivity index (χ3n) is 2.26. The van der Waals surface area contributed by atoms with Crippen molar-refractivity contribution in [1.29, 1.82) is 0 Å². The van der Waals surface area contributed by atoms with Gasteiger partial charge in [-0.25, -0.2) is 0 Å². The predicted molar refractivity (Wildman–Crippen MR) is 56.5 cm³/mol. The number of rotatable bonds is 0. The number of para-hydroxylation sites is 1. The first-order valence-corrected chi connectivity index (χ1v) is 4.60. The number of fused-ring (bicyclic) bond motifs is 1. The molecule has 0 aliphatic rings. The van der Waals surface area contributed by atoms with Gasteiger partial charge in [0.05, 0.1) is 4.51 Å². The van der Waals surface area contributed by atoms with Crippen LogP contribution in [0.3, 0.4) is 0 Å². The molecule has 0 atom stereocenters. The zero-order valence-electron chi connectivity index (χ0n) is 7.63. The first-order chi connectivity index (χ1) is 6.20. The van der Waals surface area contributed by atoms with E-state index in [1.165, 1.54) is 0 Å². The van der Waals surface area contributed by atoms with Crippen LogP contribution in [0.5, 0.6) is 0 Å². The van der Waals surface area contributed by atoms with E-state index in [1.807, 2.05) is 38.1 Å². The van der Waals surface area contributed by atoms with Crippen LogP contribution < -0.4 is 0 Å². The van der Waals surface area contributed by atoms with Crippen LogP contribution in [-0.4, -0.2) is 0 Å². The van der Waals surface area contributed by atoms with E-state index in [1.54, 1.807) is 0 Å². The van der Waals surface area contributed by atoms with E-state index >= 15 is 0 Å². The van der Waals surface area contributed by atoms with E-state index in [0.29, 0.717) is 0 Å². The van der Waals surface area contributed by atoms with Gasteiger partial charge >= 0.3 is 0 Å². The second-order valence-corrected chi connectivity index (χ2v) is 3.52. The summed E-state index contributed by atoms with van der Waals surface area (Å²) in [4.78, 5) is 0. The molecule has 0 unspecified atom stereocenters. The molecule has 1 heterocycles. The van der Waals surface area contributed by atoms with Crippen LogP contribution in [0.1, 0.15) is 11.3 Å². The molecule has 0 spiro atoms. The molecule has 1 aromatic heterocycles. The minimum absolute atomic E-state index is 0.871. The van der Waals surface area contributed by atoms with Gasteiger partial charge in [-0.3, -0.25) is 0 Å². The zero-order valence-corrected chi connectivity index (χ0v) is 8.44. The average molecular weight is 190 g/mol. The van der Waals surface area contributed by atoms with E-state index in [9.17, 15) is 0 Å². The fourth-order valence-corrected chi connectivity index (χ4v) is 1.66. The normalized spacial score (nSPS) is 10.6. The zero-order chi connectivity index (χ0) is 9.42. The highest BCUT2D eigenvalue weighted by molar-refractivity contribution is 7.71. The van der Waals surface area contributed by atoms with Crippen molar-refractivity contribution >= 4 is 23.2 Å². The molecule has 0 saturated carbocycles. The van der Waals surface area contributed by atoms with Crippen LogP contribution in [0.25, 0.3) is 11.0 Å². The number of aryl methyl sites for hydroxylation is 1. The fourth-order valence-electron chi connectivity index (χ4n) is 1.35. The molecule has 1 nitrogen and oxygen atoms in total. The lowest BCUT2D eigenvalue weighted by atomic mass is 10.1. The summed E-state index contributed by atoms with van der Waals surface area (Å²) in [5, 5.41) is 1.03. The fraction of sp³-hybridized carbons (Fsp3) is 0.182. The molecule has 0 radical (unpaired) electrons. The van der Waals surface area contributed by atoms with E-state index in [2.05, 4.69) is 0 Å². The molecular weight excluding hydrogens is 180 g/mol. The second-order valence-electron chi connectivity index (χ2n) is 3.11. The maximum atomic E-state index is 5.61. The average Bonchev–Trinajstić information content (AvgIpc) is 2.15. The van der Waals surface area contributed by atoms with Crippen LogP contribution in [0.15, 0.2) is 28.7 Å². The van der Waals surface area contributed by atoms with Gasteiger partial charge in [0, 0.05) is 10.9 Å². The number of hydrogen-bond acceptors (Lipinski definition) is 2. The van der Waals surface area contributed by atoms with Gasteiger partial charge in [0.25, 0.3) is 0 Å². The quantitative estimate of drug-likeness (QED) is 0.586. The molecule has 66 valence electrons. The first kappa shape index (κ1) is 8.45. The topological polar surface area (TPSA) is 13.1 Å². The van der Waals surface area contributed by atoms with Crippen LogP contribution in [-0.2, 0) is 0 Å². The standard InChI is InChI=1S/C11H10OS/c1-7-8(2)12-10-6-4-3-5-9(10)11(7)13/h3-6H,1-2H3. The molecule has 0 saturated heterocycles. The van der Waals surface area contributed by atoms with Gasteiger partial charge in [0.1, 0.15) is 11.3 Å². The van der Waals surface area contributed by atoms with Crippen molar-refractivity contribution in [3.8, 4) is 0 Å². The van der Waals surface area contributed by atoms with Crippen molar-refractivity contribution in [2.75, 3.05) is 0 Å². The Bertz CT molecular complexity index is 511. The van der Waals surface area contributed by atoms with Gasteiger partial charge in [-0.15, -0.1) is 0 Å². The highest BCUT2D eigenvalue weighted by atomic mass is 32.1. The van der Waals surface area contributed by atoms with Crippen molar-refractivity contribution in [2.45, 2.75) is 13.8 Å². The lowest BCUT2D eigenvalue weighted by molar-refractivity contribution is 0.560. The van der Waals surface area contributed by atoms with Gasteiger partial charge in [0.15, 0.2) is 0 Å². The number of benzene rings is 1. The Labute approximate surface area is 82.0 Å². The van der Waals surface area contributed by atoms with Gasteiger partial charge in [-0.2, -0.15) is 0 Å². The summed E-state index contributed by atoms with van der Waals surface area (Å²) >= 11 is 5.32. The molecule has 13 heavy (non-hydrogen) atoms. The Morgan fingerprint density at radius 3 is 2.62 bits per heavy atom. The van der Waals surface area contributed by atoms with Gasteiger partial charge < -0.3 is 4.42 Å². The highest BCUT2D eigenvalue weighted by Gasteiger charge is 2.02. The molecular formula is C11H10OS. The minimum atomic E-state index is 0.871. The summed E-state index contributed by atoms with van der Waals surface area (Å²) < 4.78 is 6.51. The molecule has 0 N–H and O–H groups in total. The van der Waals surface area contributed by atoms with Crippen LogP contribution in [0, 0.1) is 18.4 Å². The van der Waals surface area contributed by atoms with Crippen molar-refractivity contribution in [3.05, 3.63) is 40.1 Å². The summed E-state index contributed by atoms with van der Waals surface area (Å²) in [6.07, 6.45) is 0. The summed E-state index contributed by atoms with van der Waals surface area (Å²) in [6, 6.07) is 7.86. The molecule has 0 fully saturated rings. The molecule has 2 aromatic rings. The summed E-state index contributed by atoms with van der Waals surface area (Å²) in [5.41, 5.74) is 1.93. The maximum absolute atomic E-state index is 5.61. The van der Waals surface area contributed by atoms with Crippen molar-refractivity contribution in [3.63, 3.8) is 0 Å². The van der Waals surface area contributed by atoms with Gasteiger partial charge in [-0.1, -0.05) is 24.4 Å². The lowest BCUT2D eigenvalue weighted by Crippen LogP contribution is -1.83. The number of hydrogen-bond donors (Lipinski definition) is 0. The third kappa shape index (κ3) is 1.27. The Hall–Kier alpha value is -1.15. The molecule has 1 aromatic carbocycles. The van der Waals surface area contributed by atoms with Crippen LogP contribution >= 0.6 is 12.2 Å². The first-order valence-electron chi connectivity index (χ1n) is 4.19. The second kappa shape index (κ2) is 2.96. The van der Waals surface area contributed by atoms with Crippen molar-refractivity contribution < 1.29 is 4.42 Å². The smallest absolute Gasteiger partial charge is 0.135 e. The monoisotopic (exact) mass is 190 g/mol. The molecule has 2 rings (SSSR count). The van der Waals surface area contributed by atoms with Crippen LogP contribution in [0.4, 0.5) is 0 Å². The Kier molecular flexibility index (Phi) is 1.93. The van der Waals surface area contributed by atoms with Gasteiger partial charge in [0.2, 0.25) is 0 Å². The van der Waals surface area contributed by atoms with Crippen molar-refractivity contribution in [2.24, 2.45) is 0 Å². The Balaban J connectivity index is 3.03. The largest absolute Gasteiger partial charge is 0.461 e. The van der Waals surface area contributed by atoms with Crippen LogP contribution in [0.2, 0.25) is 0 Å². The van der Waals surface area contributed by atoms with Crippen molar-refractivity contribution in [1.82, 2.24) is 0 Å². The third-order valence-corrected chi connectivity index (χ3v) is 2.79. The lowest BCUT2D eigenvalue weighted by Gasteiger charge is -2.02. The van der Waals surface area contributed by atoms with E-state index < -0.39 is 0 Å². The molecule has 2 heteroatoms. The van der Waals surface area contributed by atoms with E-state index in [-0.39, 0.29) is 0 Å². The molecule has 0 aliphatic carbocycles. The Morgan fingerprint density at radius 1 is 1.15 bits per heavy atom. The highest BCUT2D eigenvalue weighted by Crippen LogP contribution is 2.21. The van der Waals surface area contributed by atoms with Gasteiger partial charge in [-0.05, 0) is 26.0 Å². The SMILES string of the molecule is Cc1oc2ccccc2c(=S)c1C. The van der Waals surface area contributed by atoms with E-state index in [4.69, 9.17) is 16.6 Å². The summed E-state index contributed by atoms with van der Waals surface area (Å²) in [6.45, 7) is 3.94. The summed E-state index contributed by atoms with van der Waals surface area (Å²) in [5.74, 6) is 0.906. The Morgan fingerprint density at radius 2 is 1.85 bits per heavy atom. The maximum Gasteiger partial charge on any atom is 0.135 e. The van der Waals surface area contributed by atoms with E-state index in [0.717, 1.165) is 26.8 Å².